The molecule has 0 radical (unpaired) electrons. The molecule has 3 nitrogen and oxygen atoms in total. The normalized spacial score (nSPS) is 31.0. The van der Waals surface area contributed by atoms with Crippen LogP contribution in [-0.4, -0.2) is 18.5 Å². The van der Waals surface area contributed by atoms with Crippen LogP contribution in [0.15, 0.2) is 12.2 Å². The first kappa shape index (κ1) is 12.2. The van der Waals surface area contributed by atoms with Gasteiger partial charge in [-0.05, 0) is 33.1 Å². The van der Waals surface area contributed by atoms with Gasteiger partial charge in [-0.15, -0.1) is 0 Å². The van der Waals surface area contributed by atoms with Gasteiger partial charge in [0.25, 0.3) is 0 Å². The molecule has 2 atom stereocenters. The monoisotopic (exact) mass is 210 g/mol. The van der Waals surface area contributed by atoms with E-state index in [1.54, 1.807) is 0 Å². The van der Waals surface area contributed by atoms with Crippen LogP contribution < -0.4 is 11.1 Å². The number of nitrogens with two attached hydrogens (primary N) is 1. The van der Waals surface area contributed by atoms with Crippen molar-refractivity contribution in [3.8, 4) is 0 Å². The Balaban J connectivity index is 2.39. The molecule has 0 aliphatic heterocycles. The Morgan fingerprint density at radius 1 is 1.67 bits per heavy atom. The van der Waals surface area contributed by atoms with Gasteiger partial charge in [-0.2, -0.15) is 0 Å². The van der Waals surface area contributed by atoms with Crippen LogP contribution in [0, 0.1) is 5.41 Å². The molecule has 1 aliphatic rings. The molecule has 86 valence electrons. The first-order chi connectivity index (χ1) is 7.11. The molecule has 2 unspecified atom stereocenters. The van der Waals surface area contributed by atoms with Crippen LogP contribution in [0.5, 0.6) is 0 Å². The molecule has 15 heavy (non-hydrogen) atoms. The maximum Gasteiger partial charge on any atom is 0.227 e. The topological polar surface area (TPSA) is 55.1 Å². The predicted octanol–water partition coefficient (Wildman–Crippen LogP) is 1.59. The van der Waals surface area contributed by atoms with E-state index in [4.69, 9.17) is 5.73 Å². The zero-order valence-electron chi connectivity index (χ0n) is 9.75. The summed E-state index contributed by atoms with van der Waals surface area (Å²) in [7, 11) is 0. The third kappa shape index (κ3) is 2.81. The fourth-order valence-electron chi connectivity index (χ4n) is 2.11. The number of allylic oxidation sites excluding steroid dienone is 1. The Kier molecular flexibility index (Phi) is 4.33. The average molecular weight is 210 g/mol. The molecule has 0 aromatic carbocycles. The minimum atomic E-state index is -0.337. The molecule has 3 heteroatoms. The van der Waals surface area contributed by atoms with Crippen molar-refractivity contribution in [2.45, 2.75) is 45.6 Å². The highest BCUT2D eigenvalue weighted by atomic mass is 16.2. The molecule has 0 saturated heterocycles. The van der Waals surface area contributed by atoms with Crippen LogP contribution in [0.3, 0.4) is 0 Å². The van der Waals surface area contributed by atoms with Crippen molar-refractivity contribution in [3.63, 3.8) is 0 Å². The van der Waals surface area contributed by atoms with E-state index in [0.29, 0.717) is 6.54 Å². The summed E-state index contributed by atoms with van der Waals surface area (Å²) >= 11 is 0. The molecule has 0 spiro atoms. The molecular weight excluding hydrogens is 188 g/mol. The molecule has 1 aliphatic carbocycles. The fourth-order valence-corrected chi connectivity index (χ4v) is 2.11. The van der Waals surface area contributed by atoms with Gasteiger partial charge in [-0.25, -0.2) is 0 Å². The van der Waals surface area contributed by atoms with Crippen LogP contribution in [0.2, 0.25) is 0 Å². The highest BCUT2D eigenvalue weighted by Gasteiger charge is 2.42. The molecule has 0 aromatic heterocycles. The van der Waals surface area contributed by atoms with E-state index < -0.39 is 0 Å². The van der Waals surface area contributed by atoms with E-state index in [1.165, 1.54) is 0 Å². The lowest BCUT2D eigenvalue weighted by molar-refractivity contribution is -0.130. The van der Waals surface area contributed by atoms with Crippen LogP contribution in [-0.2, 0) is 4.79 Å². The first-order valence-corrected chi connectivity index (χ1v) is 5.76. The third-order valence-corrected chi connectivity index (χ3v) is 3.38. The van der Waals surface area contributed by atoms with E-state index in [0.717, 1.165) is 25.7 Å². The molecule has 0 bridgehead atoms. The van der Waals surface area contributed by atoms with Crippen LogP contribution >= 0.6 is 0 Å². The van der Waals surface area contributed by atoms with E-state index in [1.807, 2.05) is 19.9 Å². The van der Waals surface area contributed by atoms with E-state index in [9.17, 15) is 4.79 Å². The molecule has 1 saturated carbocycles. The van der Waals surface area contributed by atoms with Crippen LogP contribution in [0.25, 0.3) is 0 Å². The molecule has 1 fully saturated rings. The Morgan fingerprint density at radius 3 is 2.93 bits per heavy atom. The lowest BCUT2D eigenvalue weighted by Gasteiger charge is -2.27. The fraction of sp³-hybridized carbons (Fsp3) is 0.750. The van der Waals surface area contributed by atoms with Crippen molar-refractivity contribution in [2.24, 2.45) is 11.1 Å². The van der Waals surface area contributed by atoms with Gasteiger partial charge in [0.2, 0.25) is 5.91 Å². The van der Waals surface area contributed by atoms with Gasteiger partial charge in [0, 0.05) is 12.6 Å². The summed E-state index contributed by atoms with van der Waals surface area (Å²) in [6.45, 7) is 4.68. The SMILES string of the molecule is C/C=C/CCNC(=O)C1(C)CCCC1N. The van der Waals surface area contributed by atoms with Gasteiger partial charge < -0.3 is 11.1 Å². The van der Waals surface area contributed by atoms with Crippen molar-refractivity contribution in [2.75, 3.05) is 6.54 Å². The summed E-state index contributed by atoms with van der Waals surface area (Å²) in [5.41, 5.74) is 5.63. The standard InChI is InChI=1S/C12H22N2O/c1-3-4-5-9-14-11(15)12(2)8-6-7-10(12)13/h3-4,10H,5-9,13H2,1-2H3,(H,14,15)/b4-3+. The Labute approximate surface area is 92.1 Å². The van der Waals surface area contributed by atoms with E-state index >= 15 is 0 Å². The summed E-state index contributed by atoms with van der Waals surface area (Å²) in [6.07, 6.45) is 7.91. The lowest BCUT2D eigenvalue weighted by atomic mass is 9.84. The first-order valence-electron chi connectivity index (χ1n) is 5.76. The summed E-state index contributed by atoms with van der Waals surface area (Å²) in [4.78, 5) is 11.9. The second-order valence-electron chi connectivity index (χ2n) is 4.53. The number of hydrogen-bond donors (Lipinski definition) is 2. The largest absolute Gasteiger partial charge is 0.355 e. The Morgan fingerprint density at radius 2 is 2.40 bits per heavy atom. The van der Waals surface area contributed by atoms with Crippen molar-refractivity contribution < 1.29 is 4.79 Å². The third-order valence-electron chi connectivity index (χ3n) is 3.38. The maximum atomic E-state index is 11.9. The number of carbonyl (C=O) groups is 1. The van der Waals surface area contributed by atoms with Crippen molar-refractivity contribution in [1.82, 2.24) is 5.32 Å². The quantitative estimate of drug-likeness (QED) is 0.547. The second kappa shape index (κ2) is 5.31. The highest BCUT2D eigenvalue weighted by molar-refractivity contribution is 5.83. The maximum absolute atomic E-state index is 11.9. The predicted molar refractivity (Wildman–Crippen MR) is 62.4 cm³/mol. The smallest absolute Gasteiger partial charge is 0.227 e. The van der Waals surface area contributed by atoms with Crippen LogP contribution in [0.4, 0.5) is 0 Å². The molecule has 0 aromatic rings. The molecule has 1 rings (SSSR count). The van der Waals surface area contributed by atoms with Gasteiger partial charge in [0.1, 0.15) is 0 Å². The zero-order chi connectivity index (χ0) is 11.3. The summed E-state index contributed by atoms with van der Waals surface area (Å²) in [5.74, 6) is 0.122. The zero-order valence-corrected chi connectivity index (χ0v) is 9.75. The summed E-state index contributed by atoms with van der Waals surface area (Å²) in [6, 6.07) is 0.0271. The van der Waals surface area contributed by atoms with Gasteiger partial charge in [-0.1, -0.05) is 18.6 Å². The molecular formula is C12H22N2O. The second-order valence-corrected chi connectivity index (χ2v) is 4.53. The van der Waals surface area contributed by atoms with Gasteiger partial charge in [0.15, 0.2) is 0 Å². The van der Waals surface area contributed by atoms with Gasteiger partial charge >= 0.3 is 0 Å². The van der Waals surface area contributed by atoms with E-state index in [2.05, 4.69) is 11.4 Å². The summed E-state index contributed by atoms with van der Waals surface area (Å²) in [5, 5.41) is 2.96. The minimum Gasteiger partial charge on any atom is -0.355 e. The molecule has 3 N–H and O–H groups in total. The highest BCUT2D eigenvalue weighted by Crippen LogP contribution is 2.36. The number of nitrogens with one attached hydrogen (secondary N) is 1. The van der Waals surface area contributed by atoms with E-state index in [-0.39, 0.29) is 17.4 Å². The minimum absolute atomic E-state index is 0.0271. The Bertz CT molecular complexity index is 250. The average Bonchev–Trinajstić information content (AvgIpc) is 2.55. The van der Waals surface area contributed by atoms with Crippen molar-refractivity contribution in [3.05, 3.63) is 12.2 Å². The van der Waals surface area contributed by atoms with Crippen LogP contribution in [0.1, 0.15) is 39.5 Å². The Hall–Kier alpha value is -0.830. The van der Waals surface area contributed by atoms with Crippen molar-refractivity contribution >= 4 is 5.91 Å². The summed E-state index contributed by atoms with van der Waals surface area (Å²) < 4.78 is 0. The molecule has 0 heterocycles. The molecule has 1 amide bonds. The number of rotatable bonds is 4. The van der Waals surface area contributed by atoms with Crippen molar-refractivity contribution in [1.29, 1.82) is 0 Å². The number of carbonyl (C=O) groups excluding carboxylic acids is 1. The number of amides is 1. The van der Waals surface area contributed by atoms with Gasteiger partial charge in [0.05, 0.1) is 5.41 Å². The van der Waals surface area contributed by atoms with Gasteiger partial charge in [-0.3, -0.25) is 4.79 Å². The lowest BCUT2D eigenvalue weighted by Crippen LogP contribution is -2.47. The number of hydrogen-bond acceptors (Lipinski definition) is 2.